The van der Waals surface area contributed by atoms with Crippen LogP contribution in [0, 0.1) is 5.41 Å². The summed E-state index contributed by atoms with van der Waals surface area (Å²) in [6.07, 6.45) is 3.86. The van der Waals surface area contributed by atoms with E-state index in [4.69, 9.17) is 19.2 Å². The number of methoxy groups -OCH3 is 2. The average molecular weight is 424 g/mol. The van der Waals surface area contributed by atoms with E-state index in [0.29, 0.717) is 17.7 Å². The molecule has 0 aromatic rings. The zero-order chi connectivity index (χ0) is 20.4. The lowest BCUT2D eigenvalue weighted by Crippen LogP contribution is -2.41. The number of fused-ring (bicyclic) bond motifs is 1. The second-order valence-corrected chi connectivity index (χ2v) is 9.09. The molecular formula is C19H29N5O4S. The Morgan fingerprint density at radius 2 is 2.34 bits per heavy atom. The molecule has 160 valence electrons. The first kappa shape index (κ1) is 20.5. The monoisotopic (exact) mass is 423 g/mol. The number of ether oxygens (including phenoxy) is 3. The molecule has 29 heavy (non-hydrogen) atoms. The van der Waals surface area contributed by atoms with Crippen molar-refractivity contribution >= 4 is 28.9 Å². The Bertz CT molecular complexity index is 734. The summed E-state index contributed by atoms with van der Waals surface area (Å²) in [5, 5.41) is 3.65. The molecule has 2 saturated heterocycles. The number of carbonyl (C=O) groups excluding carboxylic acids is 1. The van der Waals surface area contributed by atoms with Crippen LogP contribution < -0.4 is 5.32 Å². The van der Waals surface area contributed by atoms with E-state index in [1.54, 1.807) is 26.0 Å². The second kappa shape index (κ2) is 8.53. The lowest BCUT2D eigenvalue weighted by Gasteiger charge is -2.30. The van der Waals surface area contributed by atoms with Crippen LogP contribution in [0.15, 0.2) is 21.9 Å². The quantitative estimate of drug-likeness (QED) is 0.729. The van der Waals surface area contributed by atoms with Crippen LogP contribution in [0.5, 0.6) is 0 Å². The van der Waals surface area contributed by atoms with Crippen molar-refractivity contribution in [2.45, 2.75) is 24.1 Å². The molecule has 0 radical (unpaired) electrons. The highest BCUT2D eigenvalue weighted by molar-refractivity contribution is 8.14. The van der Waals surface area contributed by atoms with Gasteiger partial charge in [0.2, 0.25) is 5.90 Å². The van der Waals surface area contributed by atoms with Gasteiger partial charge in [0.15, 0.2) is 5.17 Å². The molecular weight excluding hydrogens is 394 g/mol. The van der Waals surface area contributed by atoms with Crippen LogP contribution in [0.2, 0.25) is 0 Å². The molecule has 2 fully saturated rings. The molecule has 1 N–H and O–H groups in total. The first-order valence-corrected chi connectivity index (χ1v) is 10.8. The van der Waals surface area contributed by atoms with E-state index < -0.39 is 0 Å². The molecule has 4 aliphatic rings. The molecule has 1 spiro atoms. The number of urea groups is 1. The van der Waals surface area contributed by atoms with Crippen molar-refractivity contribution in [1.82, 2.24) is 15.1 Å². The summed E-state index contributed by atoms with van der Waals surface area (Å²) < 4.78 is 16.2. The number of hydrogen-bond acceptors (Lipinski definition) is 8. The highest BCUT2D eigenvalue weighted by atomic mass is 32.2. The Hall–Kier alpha value is -1.78. The third kappa shape index (κ3) is 4.10. The Morgan fingerprint density at radius 1 is 1.48 bits per heavy atom. The van der Waals surface area contributed by atoms with Crippen molar-refractivity contribution in [3.63, 3.8) is 0 Å². The maximum absolute atomic E-state index is 12.8. The molecule has 4 heterocycles. The maximum atomic E-state index is 12.8. The third-order valence-corrected chi connectivity index (χ3v) is 7.24. The standard InChI is InChI=1S/C19H29N5O4S/c1-23(7-9-26-2)13-10-20-16(27-3)14-15(13)29-17(21-14)22-18(25)24-6-4-19(11-24)5-8-28-12-19/h10,14-15H,4-9,11-12H2,1-3H3,(H,21,22,25)/t14?,15?,19-/m1/s1. The lowest BCUT2D eigenvalue weighted by molar-refractivity contribution is 0.153. The maximum Gasteiger partial charge on any atom is 0.323 e. The molecule has 0 aromatic carbocycles. The lowest BCUT2D eigenvalue weighted by atomic mass is 9.87. The van der Waals surface area contributed by atoms with E-state index in [2.05, 4.69) is 15.2 Å². The molecule has 0 saturated carbocycles. The van der Waals surface area contributed by atoms with Crippen LogP contribution in [0.4, 0.5) is 4.79 Å². The van der Waals surface area contributed by atoms with Crippen molar-refractivity contribution in [2.24, 2.45) is 15.4 Å². The topological polar surface area (TPSA) is 88.0 Å². The smallest absolute Gasteiger partial charge is 0.323 e. The van der Waals surface area contributed by atoms with Crippen LogP contribution in [0.3, 0.4) is 0 Å². The zero-order valence-corrected chi connectivity index (χ0v) is 18.0. The first-order chi connectivity index (χ1) is 14.0. The molecule has 2 unspecified atom stereocenters. The van der Waals surface area contributed by atoms with Gasteiger partial charge >= 0.3 is 6.03 Å². The zero-order valence-electron chi connectivity index (χ0n) is 17.2. The predicted molar refractivity (Wildman–Crippen MR) is 112 cm³/mol. The van der Waals surface area contributed by atoms with Crippen molar-refractivity contribution in [2.75, 3.05) is 60.7 Å². The van der Waals surface area contributed by atoms with Crippen molar-refractivity contribution in [3.8, 4) is 0 Å². The minimum atomic E-state index is -0.238. The third-order valence-electron chi connectivity index (χ3n) is 6.06. The predicted octanol–water partition coefficient (Wildman–Crippen LogP) is 1.13. The Morgan fingerprint density at radius 3 is 3.07 bits per heavy atom. The van der Waals surface area contributed by atoms with Crippen molar-refractivity contribution < 1.29 is 19.0 Å². The highest BCUT2D eigenvalue weighted by Crippen LogP contribution is 2.39. The van der Waals surface area contributed by atoms with E-state index in [9.17, 15) is 4.79 Å². The fraction of sp³-hybridized carbons (Fsp3) is 0.737. The molecule has 10 heteroatoms. The average Bonchev–Trinajstić information content (AvgIpc) is 3.46. The normalized spacial score (nSPS) is 30.7. The molecule has 4 aliphatic heterocycles. The van der Waals surface area contributed by atoms with Gasteiger partial charge < -0.3 is 24.0 Å². The van der Waals surface area contributed by atoms with Crippen molar-refractivity contribution in [3.05, 3.63) is 11.9 Å². The summed E-state index contributed by atoms with van der Waals surface area (Å²) in [5.41, 5.74) is 1.19. The number of aliphatic imine (C=N–C) groups is 2. The molecule has 4 rings (SSSR count). The van der Waals surface area contributed by atoms with Gasteiger partial charge in [0, 0.05) is 51.5 Å². The van der Waals surface area contributed by atoms with Crippen LogP contribution in [0.25, 0.3) is 0 Å². The van der Waals surface area contributed by atoms with E-state index in [1.807, 2.05) is 18.1 Å². The summed E-state index contributed by atoms with van der Waals surface area (Å²) in [5.74, 6) is 0.568. The van der Waals surface area contributed by atoms with Gasteiger partial charge in [-0.05, 0) is 12.8 Å². The molecule has 0 aliphatic carbocycles. The summed E-state index contributed by atoms with van der Waals surface area (Å²) in [6.45, 7) is 4.44. The van der Waals surface area contributed by atoms with E-state index in [0.717, 1.165) is 51.4 Å². The summed E-state index contributed by atoms with van der Waals surface area (Å²) in [6, 6.07) is -0.328. The number of amidine groups is 1. The fourth-order valence-corrected chi connectivity index (χ4v) is 5.48. The Labute approximate surface area is 175 Å². The number of nitrogens with zero attached hydrogens (tertiary/aromatic N) is 4. The molecule has 3 atom stereocenters. The van der Waals surface area contributed by atoms with Gasteiger partial charge in [0.1, 0.15) is 6.04 Å². The van der Waals surface area contributed by atoms with Gasteiger partial charge in [-0.15, -0.1) is 0 Å². The summed E-state index contributed by atoms with van der Waals surface area (Å²) in [7, 11) is 5.31. The van der Waals surface area contributed by atoms with E-state index in [-0.39, 0.29) is 22.7 Å². The number of likely N-dealkylation sites (tertiary alicyclic amines) is 1. The van der Waals surface area contributed by atoms with Crippen LogP contribution in [0.1, 0.15) is 12.8 Å². The summed E-state index contributed by atoms with van der Waals surface area (Å²) >= 11 is 1.55. The Balaban J connectivity index is 1.41. The summed E-state index contributed by atoms with van der Waals surface area (Å²) in [4.78, 5) is 26.0. The molecule has 0 bridgehead atoms. The fourth-order valence-electron chi connectivity index (χ4n) is 4.25. The van der Waals surface area contributed by atoms with Gasteiger partial charge in [-0.3, -0.25) is 5.32 Å². The SMILES string of the molecule is COCCN(C)C1=CN=C(OC)C2N=C(NC(=O)N3CC[C@@]4(CCOC4)C3)SC12. The van der Waals surface area contributed by atoms with Gasteiger partial charge in [0.05, 0.1) is 31.8 Å². The molecule has 2 amide bonds. The van der Waals surface area contributed by atoms with Crippen molar-refractivity contribution in [1.29, 1.82) is 0 Å². The van der Waals surface area contributed by atoms with Gasteiger partial charge in [0.25, 0.3) is 0 Å². The molecule has 0 aromatic heterocycles. The number of hydrogen-bond donors (Lipinski definition) is 1. The number of rotatable bonds is 4. The number of thioether (sulfide) groups is 1. The minimum absolute atomic E-state index is 0.0211. The van der Waals surface area contributed by atoms with E-state index >= 15 is 0 Å². The highest BCUT2D eigenvalue weighted by Gasteiger charge is 2.44. The second-order valence-electron chi connectivity index (χ2n) is 7.96. The first-order valence-electron chi connectivity index (χ1n) is 9.95. The van der Waals surface area contributed by atoms with Crippen LogP contribution in [-0.2, 0) is 14.2 Å². The van der Waals surface area contributed by atoms with Gasteiger partial charge in [-0.1, -0.05) is 11.8 Å². The Kier molecular flexibility index (Phi) is 6.03. The largest absolute Gasteiger partial charge is 0.482 e. The number of carbonyl (C=O) groups is 1. The van der Waals surface area contributed by atoms with E-state index in [1.165, 1.54) is 0 Å². The van der Waals surface area contributed by atoms with Crippen LogP contribution >= 0.6 is 11.8 Å². The molecule has 9 nitrogen and oxygen atoms in total. The number of amides is 2. The minimum Gasteiger partial charge on any atom is -0.482 e. The number of nitrogens with one attached hydrogen (secondary N) is 1. The van der Waals surface area contributed by atoms with Crippen LogP contribution in [-0.4, -0.2) is 98.9 Å². The van der Waals surface area contributed by atoms with Gasteiger partial charge in [-0.2, -0.15) is 0 Å². The van der Waals surface area contributed by atoms with Gasteiger partial charge in [-0.25, -0.2) is 14.8 Å². The number of likely N-dealkylation sites (N-methyl/N-ethyl adjacent to an activating group) is 1.